The average Bonchev–Trinajstić information content (AvgIpc) is 3.20. The van der Waals surface area contributed by atoms with Crippen LogP contribution < -0.4 is 4.74 Å². The fraction of sp³-hybridized carbons (Fsp3) is 0.471. The lowest BCUT2D eigenvalue weighted by Crippen LogP contribution is -2.52. The molecule has 2 aliphatic rings. The second-order valence-electron chi connectivity index (χ2n) is 5.64. The van der Waals surface area contributed by atoms with Crippen molar-refractivity contribution in [1.82, 2.24) is 0 Å². The molecule has 134 valence electrons. The lowest BCUT2D eigenvalue weighted by Gasteiger charge is -2.32. The summed E-state index contributed by atoms with van der Waals surface area (Å²) < 4.78 is 26.3. The molecule has 25 heavy (non-hydrogen) atoms. The molecule has 2 bridgehead atoms. The normalized spacial score (nSPS) is 29.9. The molecule has 4 atom stereocenters. The van der Waals surface area contributed by atoms with Crippen molar-refractivity contribution in [2.45, 2.75) is 12.0 Å². The number of aliphatic imine (C=N–C) groups is 1. The fourth-order valence-corrected chi connectivity index (χ4v) is 3.37. The number of carbonyl (C=O) groups is 2. The predicted molar refractivity (Wildman–Crippen MR) is 85.2 cm³/mol. The largest absolute Gasteiger partial charge is 0.497 e. The van der Waals surface area contributed by atoms with Crippen LogP contribution in [0.2, 0.25) is 0 Å². The van der Waals surface area contributed by atoms with Gasteiger partial charge in [-0.15, -0.1) is 0 Å². The van der Waals surface area contributed by atoms with Crippen LogP contribution >= 0.6 is 0 Å². The maximum absolute atomic E-state index is 12.4. The van der Waals surface area contributed by atoms with Crippen LogP contribution in [-0.4, -0.2) is 58.1 Å². The van der Waals surface area contributed by atoms with Crippen LogP contribution in [0, 0.1) is 11.8 Å². The van der Waals surface area contributed by atoms with Gasteiger partial charge in [-0.1, -0.05) is 0 Å². The molecule has 8 nitrogen and oxygen atoms in total. The van der Waals surface area contributed by atoms with Crippen molar-refractivity contribution < 1.29 is 33.3 Å². The van der Waals surface area contributed by atoms with Crippen LogP contribution in [0.15, 0.2) is 29.3 Å². The van der Waals surface area contributed by atoms with Gasteiger partial charge in [0.05, 0.1) is 21.3 Å². The molecule has 0 spiro atoms. The maximum Gasteiger partial charge on any atom is 0.315 e. The summed E-state index contributed by atoms with van der Waals surface area (Å²) in [5, 5.41) is 0. The minimum absolute atomic E-state index is 0.429. The molecule has 0 aliphatic carbocycles. The first-order valence-corrected chi connectivity index (χ1v) is 7.63. The molecule has 1 aromatic rings. The Morgan fingerprint density at radius 3 is 2.20 bits per heavy atom. The van der Waals surface area contributed by atoms with Crippen molar-refractivity contribution in [2.24, 2.45) is 16.8 Å². The van der Waals surface area contributed by atoms with Crippen molar-refractivity contribution in [3.8, 4) is 5.75 Å². The number of methoxy groups -OCH3 is 4. The summed E-state index contributed by atoms with van der Waals surface area (Å²) in [5.41, 5.74) is 1.13. The Morgan fingerprint density at radius 1 is 1.04 bits per heavy atom. The van der Waals surface area contributed by atoms with Crippen LogP contribution in [0.4, 0.5) is 0 Å². The quantitative estimate of drug-likeness (QED) is 0.725. The van der Waals surface area contributed by atoms with Gasteiger partial charge < -0.3 is 23.7 Å². The van der Waals surface area contributed by atoms with Crippen molar-refractivity contribution in [1.29, 1.82) is 0 Å². The number of fused-ring (bicyclic) bond motifs is 2. The number of nitrogens with zero attached hydrogens (tertiary/aromatic N) is 1. The zero-order valence-electron chi connectivity index (χ0n) is 14.3. The van der Waals surface area contributed by atoms with Gasteiger partial charge in [0.15, 0.2) is 6.23 Å². The summed E-state index contributed by atoms with van der Waals surface area (Å²) in [6.07, 6.45) is -0.881. The van der Waals surface area contributed by atoms with Crippen LogP contribution in [-0.2, 0) is 28.5 Å². The van der Waals surface area contributed by atoms with Gasteiger partial charge in [0.2, 0.25) is 5.79 Å². The molecule has 0 amide bonds. The zero-order chi connectivity index (χ0) is 18.2. The predicted octanol–water partition coefficient (Wildman–Crippen LogP) is 0.775. The third kappa shape index (κ3) is 2.49. The molecule has 1 aromatic carbocycles. The summed E-state index contributed by atoms with van der Waals surface area (Å²) in [7, 11) is 5.46. The summed E-state index contributed by atoms with van der Waals surface area (Å²) in [6.45, 7) is 0. The third-order valence-corrected chi connectivity index (χ3v) is 4.55. The topological polar surface area (TPSA) is 92.7 Å². The lowest BCUT2D eigenvalue weighted by atomic mass is 9.80. The molecule has 2 aliphatic heterocycles. The SMILES string of the molecule is COC(=O)C1C(C(=O)OC)[C@]2(OC)O[C@H]1N=C2c1ccc(OC)cc1. The van der Waals surface area contributed by atoms with Crippen LogP contribution in [0.3, 0.4) is 0 Å². The van der Waals surface area contributed by atoms with Crippen LogP contribution in [0.25, 0.3) is 0 Å². The fourth-order valence-electron chi connectivity index (χ4n) is 3.37. The van der Waals surface area contributed by atoms with E-state index in [0.29, 0.717) is 17.0 Å². The Kier molecular flexibility index (Phi) is 4.49. The summed E-state index contributed by atoms with van der Waals surface area (Å²) in [4.78, 5) is 29.0. The Bertz CT molecular complexity index is 714. The van der Waals surface area contributed by atoms with Gasteiger partial charge in [-0.3, -0.25) is 14.6 Å². The highest BCUT2D eigenvalue weighted by Gasteiger charge is 2.69. The van der Waals surface area contributed by atoms with E-state index in [9.17, 15) is 9.59 Å². The number of benzene rings is 1. The van der Waals surface area contributed by atoms with Crippen LogP contribution in [0.1, 0.15) is 5.56 Å². The number of carbonyl (C=O) groups excluding carboxylic acids is 2. The molecule has 3 rings (SSSR count). The summed E-state index contributed by atoms with van der Waals surface area (Å²) >= 11 is 0. The molecule has 0 N–H and O–H groups in total. The van der Waals surface area contributed by atoms with E-state index in [0.717, 1.165) is 0 Å². The number of hydrogen-bond acceptors (Lipinski definition) is 8. The van der Waals surface area contributed by atoms with E-state index in [1.807, 2.05) is 0 Å². The summed E-state index contributed by atoms with van der Waals surface area (Å²) in [5.74, 6) is -4.01. The Morgan fingerprint density at radius 2 is 1.68 bits per heavy atom. The van der Waals surface area contributed by atoms with Gasteiger partial charge in [-0.2, -0.15) is 0 Å². The van der Waals surface area contributed by atoms with Gasteiger partial charge in [0.1, 0.15) is 23.3 Å². The number of ether oxygens (including phenoxy) is 5. The minimum Gasteiger partial charge on any atom is -0.497 e. The lowest BCUT2D eigenvalue weighted by molar-refractivity contribution is -0.184. The molecule has 8 heteroatoms. The third-order valence-electron chi connectivity index (χ3n) is 4.55. The van der Waals surface area contributed by atoms with E-state index in [2.05, 4.69) is 4.99 Å². The van der Waals surface area contributed by atoms with E-state index < -0.39 is 35.8 Å². The number of rotatable bonds is 5. The summed E-state index contributed by atoms with van der Waals surface area (Å²) in [6, 6.07) is 7.09. The zero-order valence-corrected chi connectivity index (χ0v) is 14.3. The van der Waals surface area contributed by atoms with E-state index in [-0.39, 0.29) is 0 Å². The molecule has 2 unspecified atom stereocenters. The van der Waals surface area contributed by atoms with Gasteiger partial charge in [0.25, 0.3) is 0 Å². The molecule has 0 saturated carbocycles. The maximum atomic E-state index is 12.4. The molecule has 0 radical (unpaired) electrons. The highest BCUT2D eigenvalue weighted by molar-refractivity contribution is 6.10. The van der Waals surface area contributed by atoms with Crippen LogP contribution in [0.5, 0.6) is 5.75 Å². The second-order valence-corrected chi connectivity index (χ2v) is 5.64. The molecule has 1 saturated heterocycles. The van der Waals surface area contributed by atoms with E-state index in [1.54, 1.807) is 31.4 Å². The minimum atomic E-state index is -1.51. The van der Waals surface area contributed by atoms with Crippen molar-refractivity contribution in [2.75, 3.05) is 28.4 Å². The van der Waals surface area contributed by atoms with E-state index >= 15 is 0 Å². The van der Waals surface area contributed by atoms with Gasteiger partial charge >= 0.3 is 11.9 Å². The monoisotopic (exact) mass is 349 g/mol. The standard InChI is InChI=1S/C17H19NO7/c1-21-10-7-5-9(6-8-10)13-17(24-4)12(16(20)23-3)11(15(19)22-2)14(18-13)25-17/h5-8,11-12,14H,1-4H3/t11?,12?,14-,17+/m1/s1. The van der Waals surface area contributed by atoms with E-state index in [1.165, 1.54) is 21.3 Å². The molecule has 0 aromatic heterocycles. The number of esters is 2. The first-order chi connectivity index (χ1) is 12.0. The first kappa shape index (κ1) is 17.4. The molecular formula is C17H19NO7. The van der Waals surface area contributed by atoms with Gasteiger partial charge in [0, 0.05) is 12.7 Å². The highest BCUT2D eigenvalue weighted by Crippen LogP contribution is 2.50. The van der Waals surface area contributed by atoms with Crippen molar-refractivity contribution in [3.05, 3.63) is 29.8 Å². The Balaban J connectivity index is 2.08. The van der Waals surface area contributed by atoms with Crippen molar-refractivity contribution >= 4 is 17.7 Å². The molecule has 1 fully saturated rings. The van der Waals surface area contributed by atoms with Gasteiger partial charge in [-0.05, 0) is 24.3 Å². The smallest absolute Gasteiger partial charge is 0.315 e. The Hall–Kier alpha value is -2.45. The van der Waals surface area contributed by atoms with Crippen molar-refractivity contribution in [3.63, 3.8) is 0 Å². The first-order valence-electron chi connectivity index (χ1n) is 7.63. The van der Waals surface area contributed by atoms with Gasteiger partial charge in [-0.25, -0.2) is 0 Å². The second kappa shape index (κ2) is 6.45. The Labute approximate surface area is 144 Å². The number of hydrogen-bond donors (Lipinski definition) is 0. The van der Waals surface area contributed by atoms with E-state index in [4.69, 9.17) is 23.7 Å². The highest BCUT2D eigenvalue weighted by atomic mass is 16.7. The molecular weight excluding hydrogens is 330 g/mol. The molecule has 2 heterocycles. The average molecular weight is 349 g/mol.